The van der Waals surface area contributed by atoms with Crippen LogP contribution >= 0.6 is 11.3 Å². The topological polar surface area (TPSA) is 43.4 Å². The first-order valence-electron chi connectivity index (χ1n) is 6.97. The van der Waals surface area contributed by atoms with Crippen molar-refractivity contribution in [3.05, 3.63) is 15.6 Å². The zero-order valence-electron chi connectivity index (χ0n) is 12.5. The van der Waals surface area contributed by atoms with E-state index in [1.807, 2.05) is 0 Å². The van der Waals surface area contributed by atoms with Gasteiger partial charge in [-0.1, -0.05) is 20.3 Å². The normalized spacial score (nSPS) is 12.8. The zero-order chi connectivity index (χ0) is 14.1. The SMILES string of the molecule is CCCNCc1sc(C(CCC)OC)nc1COC. The average Bonchev–Trinajstić information content (AvgIpc) is 2.80. The van der Waals surface area contributed by atoms with Gasteiger partial charge in [-0.05, 0) is 19.4 Å². The van der Waals surface area contributed by atoms with Crippen LogP contribution in [0.5, 0.6) is 0 Å². The van der Waals surface area contributed by atoms with Gasteiger partial charge >= 0.3 is 0 Å². The molecule has 0 saturated heterocycles. The van der Waals surface area contributed by atoms with Crippen molar-refractivity contribution in [1.29, 1.82) is 0 Å². The zero-order valence-corrected chi connectivity index (χ0v) is 13.3. The van der Waals surface area contributed by atoms with Gasteiger partial charge < -0.3 is 14.8 Å². The van der Waals surface area contributed by atoms with E-state index in [-0.39, 0.29) is 6.10 Å². The maximum absolute atomic E-state index is 5.54. The van der Waals surface area contributed by atoms with E-state index in [1.54, 1.807) is 25.6 Å². The Bertz CT molecular complexity index is 355. The molecule has 0 saturated carbocycles. The van der Waals surface area contributed by atoms with E-state index in [1.165, 1.54) is 4.88 Å². The Kier molecular flexibility index (Phi) is 8.21. The van der Waals surface area contributed by atoms with Gasteiger partial charge in [-0.2, -0.15) is 0 Å². The molecule has 1 heterocycles. The van der Waals surface area contributed by atoms with Crippen molar-refractivity contribution in [2.75, 3.05) is 20.8 Å². The van der Waals surface area contributed by atoms with Crippen LogP contribution in [0.1, 0.15) is 54.8 Å². The van der Waals surface area contributed by atoms with Gasteiger partial charge in [0.1, 0.15) is 11.1 Å². The fourth-order valence-corrected chi connectivity index (χ4v) is 3.06. The molecule has 0 amide bonds. The number of rotatable bonds is 10. The van der Waals surface area contributed by atoms with Gasteiger partial charge in [0.2, 0.25) is 0 Å². The molecule has 1 aromatic rings. The van der Waals surface area contributed by atoms with Crippen molar-refractivity contribution < 1.29 is 9.47 Å². The summed E-state index contributed by atoms with van der Waals surface area (Å²) < 4.78 is 10.8. The van der Waals surface area contributed by atoms with Crippen LogP contribution in [0, 0.1) is 0 Å². The van der Waals surface area contributed by atoms with E-state index in [4.69, 9.17) is 14.5 Å². The molecule has 5 heteroatoms. The molecule has 110 valence electrons. The van der Waals surface area contributed by atoms with Crippen LogP contribution in [-0.4, -0.2) is 25.7 Å². The first-order chi connectivity index (χ1) is 9.26. The molecule has 19 heavy (non-hydrogen) atoms. The number of hydrogen-bond donors (Lipinski definition) is 1. The van der Waals surface area contributed by atoms with E-state index in [2.05, 4.69) is 19.2 Å². The van der Waals surface area contributed by atoms with Crippen molar-refractivity contribution in [2.24, 2.45) is 0 Å². The van der Waals surface area contributed by atoms with Gasteiger partial charge in [0, 0.05) is 25.6 Å². The molecule has 1 aromatic heterocycles. The molecule has 1 rings (SSSR count). The third-order valence-corrected chi connectivity index (χ3v) is 4.09. The molecule has 0 aliphatic carbocycles. The van der Waals surface area contributed by atoms with Gasteiger partial charge in [-0.25, -0.2) is 4.98 Å². The minimum Gasteiger partial charge on any atom is -0.378 e. The van der Waals surface area contributed by atoms with Gasteiger partial charge in [0.15, 0.2) is 0 Å². The van der Waals surface area contributed by atoms with E-state index in [0.29, 0.717) is 6.61 Å². The molecule has 0 spiro atoms. The summed E-state index contributed by atoms with van der Waals surface area (Å²) in [7, 11) is 3.47. The second-order valence-corrected chi connectivity index (χ2v) is 5.66. The van der Waals surface area contributed by atoms with Gasteiger partial charge in [-0.3, -0.25) is 0 Å². The van der Waals surface area contributed by atoms with Crippen LogP contribution in [0.4, 0.5) is 0 Å². The lowest BCUT2D eigenvalue weighted by Crippen LogP contribution is -2.14. The molecule has 1 atom stereocenters. The monoisotopic (exact) mass is 286 g/mol. The van der Waals surface area contributed by atoms with Crippen molar-refractivity contribution in [3.63, 3.8) is 0 Å². The fraction of sp³-hybridized carbons (Fsp3) is 0.786. The molecule has 1 N–H and O–H groups in total. The summed E-state index contributed by atoms with van der Waals surface area (Å²) >= 11 is 1.74. The Labute approximate surface area is 120 Å². The third-order valence-electron chi connectivity index (χ3n) is 2.90. The second-order valence-electron chi connectivity index (χ2n) is 4.54. The molecule has 0 radical (unpaired) electrons. The molecular weight excluding hydrogens is 260 g/mol. The lowest BCUT2D eigenvalue weighted by Gasteiger charge is -2.10. The Hall–Kier alpha value is -0.490. The molecule has 0 fully saturated rings. The molecule has 0 aliphatic heterocycles. The number of methoxy groups -OCH3 is 2. The van der Waals surface area contributed by atoms with Crippen molar-refractivity contribution in [3.8, 4) is 0 Å². The predicted molar refractivity (Wildman–Crippen MR) is 79.5 cm³/mol. The lowest BCUT2D eigenvalue weighted by molar-refractivity contribution is 0.0942. The quantitative estimate of drug-likeness (QED) is 0.670. The fourth-order valence-electron chi connectivity index (χ4n) is 1.91. The number of hydrogen-bond acceptors (Lipinski definition) is 5. The standard InChI is InChI=1S/C14H26N2O2S/c1-5-7-12(18-4)14-16-11(10-17-3)13(19-14)9-15-8-6-2/h12,15H,5-10H2,1-4H3. The summed E-state index contributed by atoms with van der Waals surface area (Å²) in [5, 5.41) is 4.50. The predicted octanol–water partition coefficient (Wildman–Crippen LogP) is 3.28. The highest BCUT2D eigenvalue weighted by molar-refractivity contribution is 7.11. The summed E-state index contributed by atoms with van der Waals surface area (Å²) in [6.45, 7) is 6.81. The third kappa shape index (κ3) is 5.18. The van der Waals surface area contributed by atoms with Crippen molar-refractivity contribution >= 4 is 11.3 Å². The number of thiazole rings is 1. The highest BCUT2D eigenvalue weighted by atomic mass is 32.1. The van der Waals surface area contributed by atoms with Crippen LogP contribution in [0.2, 0.25) is 0 Å². The number of aromatic nitrogens is 1. The van der Waals surface area contributed by atoms with Crippen molar-refractivity contribution in [2.45, 2.75) is 52.4 Å². The van der Waals surface area contributed by atoms with E-state index in [0.717, 1.165) is 43.1 Å². The molecule has 0 bridgehead atoms. The molecule has 0 aliphatic rings. The van der Waals surface area contributed by atoms with Crippen LogP contribution in [-0.2, 0) is 22.6 Å². The van der Waals surface area contributed by atoms with Crippen molar-refractivity contribution in [1.82, 2.24) is 10.3 Å². The second kappa shape index (κ2) is 9.42. The van der Waals surface area contributed by atoms with Gasteiger partial charge in [0.05, 0.1) is 12.3 Å². The number of nitrogens with zero attached hydrogens (tertiary/aromatic N) is 1. The van der Waals surface area contributed by atoms with E-state index < -0.39 is 0 Å². The maximum Gasteiger partial charge on any atom is 0.122 e. The van der Waals surface area contributed by atoms with E-state index >= 15 is 0 Å². The van der Waals surface area contributed by atoms with Crippen LogP contribution in [0.25, 0.3) is 0 Å². The smallest absolute Gasteiger partial charge is 0.122 e. The largest absolute Gasteiger partial charge is 0.378 e. The summed E-state index contributed by atoms with van der Waals surface area (Å²) in [6, 6.07) is 0. The molecule has 4 nitrogen and oxygen atoms in total. The average molecular weight is 286 g/mol. The lowest BCUT2D eigenvalue weighted by atomic mass is 10.2. The number of ether oxygens (including phenoxy) is 2. The molecular formula is C14H26N2O2S. The van der Waals surface area contributed by atoms with Crippen LogP contribution < -0.4 is 5.32 Å². The molecule has 1 unspecified atom stereocenters. The van der Waals surface area contributed by atoms with Crippen LogP contribution in [0.15, 0.2) is 0 Å². The van der Waals surface area contributed by atoms with E-state index in [9.17, 15) is 0 Å². The van der Waals surface area contributed by atoms with Crippen LogP contribution in [0.3, 0.4) is 0 Å². The first-order valence-corrected chi connectivity index (χ1v) is 7.79. The Morgan fingerprint density at radius 2 is 2.05 bits per heavy atom. The highest BCUT2D eigenvalue weighted by Crippen LogP contribution is 2.29. The summed E-state index contributed by atoms with van der Waals surface area (Å²) in [4.78, 5) is 5.96. The Balaban J connectivity index is 2.79. The minimum absolute atomic E-state index is 0.116. The Morgan fingerprint density at radius 1 is 1.26 bits per heavy atom. The Morgan fingerprint density at radius 3 is 2.63 bits per heavy atom. The summed E-state index contributed by atoms with van der Waals surface area (Å²) in [5.74, 6) is 0. The van der Waals surface area contributed by atoms with Gasteiger partial charge in [0.25, 0.3) is 0 Å². The number of nitrogens with one attached hydrogen (secondary N) is 1. The minimum atomic E-state index is 0.116. The first kappa shape index (κ1) is 16.6. The summed E-state index contributed by atoms with van der Waals surface area (Å²) in [5.41, 5.74) is 1.05. The van der Waals surface area contributed by atoms with Gasteiger partial charge in [-0.15, -0.1) is 11.3 Å². The molecule has 0 aromatic carbocycles. The highest BCUT2D eigenvalue weighted by Gasteiger charge is 2.18. The summed E-state index contributed by atoms with van der Waals surface area (Å²) in [6.07, 6.45) is 3.37. The maximum atomic E-state index is 5.54.